The van der Waals surface area contributed by atoms with Crippen molar-refractivity contribution in [1.82, 2.24) is 10.3 Å². The summed E-state index contributed by atoms with van der Waals surface area (Å²) in [7, 11) is 1.66. The predicted octanol–water partition coefficient (Wildman–Crippen LogP) is 2.64. The molecule has 1 amide bonds. The molecule has 0 saturated carbocycles. The zero-order chi connectivity index (χ0) is 14.5. The van der Waals surface area contributed by atoms with E-state index in [0.29, 0.717) is 12.1 Å². The molecule has 1 aromatic carbocycles. The molecule has 0 atom stereocenters. The van der Waals surface area contributed by atoms with Crippen LogP contribution in [0.3, 0.4) is 0 Å². The van der Waals surface area contributed by atoms with Gasteiger partial charge < -0.3 is 10.1 Å². The van der Waals surface area contributed by atoms with Crippen LogP contribution in [0.15, 0.2) is 36.7 Å². The first-order valence-electron chi connectivity index (χ1n) is 6.44. The molecule has 2 aromatic rings. The maximum Gasteiger partial charge on any atom is 0.251 e. The molecule has 0 aliphatic carbocycles. The van der Waals surface area contributed by atoms with Crippen LogP contribution in [-0.4, -0.2) is 18.0 Å². The highest BCUT2D eigenvalue weighted by Gasteiger charge is 2.08. The van der Waals surface area contributed by atoms with Crippen LogP contribution in [0.4, 0.5) is 0 Å². The number of rotatable bonds is 4. The van der Waals surface area contributed by atoms with Crippen LogP contribution >= 0.6 is 0 Å². The fraction of sp³-hybridized carbons (Fsp3) is 0.250. The Balaban J connectivity index is 2.08. The molecule has 0 aliphatic heterocycles. The molecular formula is C16H18N2O2. The second-order valence-corrected chi connectivity index (χ2v) is 4.67. The molecule has 0 saturated heterocycles. The van der Waals surface area contributed by atoms with Crippen LogP contribution in [0.1, 0.15) is 27.0 Å². The summed E-state index contributed by atoms with van der Waals surface area (Å²) >= 11 is 0. The second kappa shape index (κ2) is 6.19. The lowest BCUT2D eigenvalue weighted by Crippen LogP contribution is -2.23. The summed E-state index contributed by atoms with van der Waals surface area (Å²) in [6.07, 6.45) is 3.22. The number of carbonyl (C=O) groups is 1. The van der Waals surface area contributed by atoms with Crippen LogP contribution < -0.4 is 10.1 Å². The Labute approximate surface area is 118 Å². The predicted molar refractivity (Wildman–Crippen MR) is 77.9 cm³/mol. The number of ether oxygens (including phenoxy) is 1. The molecule has 4 nitrogen and oxygen atoms in total. The first kappa shape index (κ1) is 14.1. The summed E-state index contributed by atoms with van der Waals surface area (Å²) in [5.74, 6) is 0.770. The van der Waals surface area contributed by atoms with Gasteiger partial charge in [0, 0.05) is 24.5 Å². The van der Waals surface area contributed by atoms with Gasteiger partial charge in [0.25, 0.3) is 5.91 Å². The van der Waals surface area contributed by atoms with Crippen LogP contribution in [-0.2, 0) is 6.54 Å². The van der Waals surface area contributed by atoms with Gasteiger partial charge >= 0.3 is 0 Å². The zero-order valence-electron chi connectivity index (χ0n) is 11.9. The van der Waals surface area contributed by atoms with Gasteiger partial charge in [0.1, 0.15) is 5.75 Å². The van der Waals surface area contributed by atoms with E-state index in [-0.39, 0.29) is 5.91 Å². The highest BCUT2D eigenvalue weighted by molar-refractivity contribution is 5.93. The number of hydrogen-bond donors (Lipinski definition) is 1. The van der Waals surface area contributed by atoms with Crippen LogP contribution in [0.25, 0.3) is 0 Å². The van der Waals surface area contributed by atoms with E-state index in [0.717, 1.165) is 22.4 Å². The molecule has 1 aromatic heterocycles. The van der Waals surface area contributed by atoms with Gasteiger partial charge in [0.2, 0.25) is 0 Å². The van der Waals surface area contributed by atoms with E-state index in [1.165, 1.54) is 0 Å². The maximum atomic E-state index is 12.0. The highest BCUT2D eigenvalue weighted by Crippen LogP contribution is 2.22. The van der Waals surface area contributed by atoms with E-state index in [2.05, 4.69) is 10.3 Å². The lowest BCUT2D eigenvalue weighted by atomic mass is 10.0. The quantitative estimate of drug-likeness (QED) is 0.929. The molecule has 0 aliphatic rings. The maximum absolute atomic E-state index is 12.0. The third-order valence-corrected chi connectivity index (χ3v) is 3.24. The lowest BCUT2D eigenvalue weighted by molar-refractivity contribution is 0.0951. The van der Waals surface area contributed by atoms with Crippen molar-refractivity contribution in [2.45, 2.75) is 20.4 Å². The number of pyridine rings is 1. The van der Waals surface area contributed by atoms with Gasteiger partial charge in [-0.25, -0.2) is 0 Å². The van der Waals surface area contributed by atoms with E-state index < -0.39 is 0 Å². The summed E-state index contributed by atoms with van der Waals surface area (Å²) in [5.41, 5.74) is 3.86. The number of aromatic nitrogens is 1. The van der Waals surface area contributed by atoms with E-state index >= 15 is 0 Å². The lowest BCUT2D eigenvalue weighted by Gasteiger charge is -2.12. The Hall–Kier alpha value is -2.36. The molecule has 1 N–H and O–H groups in total. The molecule has 0 unspecified atom stereocenters. The Morgan fingerprint density at radius 1 is 1.20 bits per heavy atom. The van der Waals surface area contributed by atoms with Crippen molar-refractivity contribution in [3.8, 4) is 5.75 Å². The molecule has 0 fully saturated rings. The van der Waals surface area contributed by atoms with Crippen LogP contribution in [0.2, 0.25) is 0 Å². The standard InChI is InChI=1S/C16H18N2O2/c1-11-9-15(20-3)12(2)8-14(11)10-18-16(19)13-4-6-17-7-5-13/h4-9H,10H2,1-3H3,(H,18,19). The molecule has 4 heteroatoms. The van der Waals surface area contributed by atoms with Crippen molar-refractivity contribution in [3.05, 3.63) is 58.9 Å². The second-order valence-electron chi connectivity index (χ2n) is 4.67. The number of amides is 1. The Morgan fingerprint density at radius 2 is 1.90 bits per heavy atom. The number of aryl methyl sites for hydroxylation is 2. The van der Waals surface area contributed by atoms with Gasteiger partial charge in [-0.3, -0.25) is 9.78 Å². The van der Waals surface area contributed by atoms with Crippen molar-refractivity contribution in [3.63, 3.8) is 0 Å². The molecule has 0 spiro atoms. The molecule has 20 heavy (non-hydrogen) atoms. The zero-order valence-corrected chi connectivity index (χ0v) is 11.9. The Kier molecular flexibility index (Phi) is 4.35. The first-order chi connectivity index (χ1) is 9.61. The van der Waals surface area contributed by atoms with Gasteiger partial charge in [0.15, 0.2) is 0 Å². The summed E-state index contributed by atoms with van der Waals surface area (Å²) in [6, 6.07) is 7.42. The Bertz CT molecular complexity index is 609. The normalized spacial score (nSPS) is 10.2. The van der Waals surface area contributed by atoms with Gasteiger partial charge in [-0.1, -0.05) is 6.07 Å². The minimum absolute atomic E-state index is 0.0970. The van der Waals surface area contributed by atoms with Gasteiger partial charge in [-0.05, 0) is 48.7 Å². The molecule has 2 rings (SSSR count). The SMILES string of the molecule is COc1cc(C)c(CNC(=O)c2ccncc2)cc1C. The minimum Gasteiger partial charge on any atom is -0.496 e. The summed E-state index contributed by atoms with van der Waals surface area (Å²) in [5, 5.41) is 2.91. The van der Waals surface area contributed by atoms with Crippen molar-refractivity contribution in [1.29, 1.82) is 0 Å². The van der Waals surface area contributed by atoms with Crippen molar-refractivity contribution < 1.29 is 9.53 Å². The minimum atomic E-state index is -0.0970. The molecule has 104 valence electrons. The number of nitrogens with zero attached hydrogens (tertiary/aromatic N) is 1. The van der Waals surface area contributed by atoms with Crippen LogP contribution in [0, 0.1) is 13.8 Å². The largest absolute Gasteiger partial charge is 0.496 e. The average Bonchev–Trinajstić information content (AvgIpc) is 2.48. The average molecular weight is 270 g/mol. The molecular weight excluding hydrogens is 252 g/mol. The smallest absolute Gasteiger partial charge is 0.251 e. The Morgan fingerprint density at radius 3 is 2.55 bits per heavy atom. The number of nitrogens with one attached hydrogen (secondary N) is 1. The topological polar surface area (TPSA) is 51.2 Å². The van der Waals surface area contributed by atoms with Crippen molar-refractivity contribution >= 4 is 5.91 Å². The number of methoxy groups -OCH3 is 1. The highest BCUT2D eigenvalue weighted by atomic mass is 16.5. The summed E-state index contributed by atoms with van der Waals surface area (Å²) < 4.78 is 5.28. The monoisotopic (exact) mass is 270 g/mol. The molecule has 1 heterocycles. The third kappa shape index (κ3) is 3.15. The van der Waals surface area contributed by atoms with Gasteiger partial charge in [-0.15, -0.1) is 0 Å². The van der Waals surface area contributed by atoms with Gasteiger partial charge in [-0.2, -0.15) is 0 Å². The van der Waals surface area contributed by atoms with E-state index in [1.54, 1.807) is 31.6 Å². The molecule has 0 bridgehead atoms. The number of carbonyl (C=O) groups excluding carboxylic acids is 1. The number of benzene rings is 1. The van der Waals surface area contributed by atoms with Crippen molar-refractivity contribution in [2.75, 3.05) is 7.11 Å². The summed E-state index contributed by atoms with van der Waals surface area (Å²) in [6.45, 7) is 4.50. The van der Waals surface area contributed by atoms with Gasteiger partial charge in [0.05, 0.1) is 7.11 Å². The third-order valence-electron chi connectivity index (χ3n) is 3.24. The fourth-order valence-electron chi connectivity index (χ4n) is 2.04. The fourth-order valence-corrected chi connectivity index (χ4v) is 2.04. The first-order valence-corrected chi connectivity index (χ1v) is 6.44. The van der Waals surface area contributed by atoms with Crippen molar-refractivity contribution in [2.24, 2.45) is 0 Å². The van der Waals surface area contributed by atoms with E-state index in [4.69, 9.17) is 4.74 Å². The van der Waals surface area contributed by atoms with Crippen LogP contribution in [0.5, 0.6) is 5.75 Å². The van der Waals surface area contributed by atoms with E-state index in [1.807, 2.05) is 26.0 Å². The van der Waals surface area contributed by atoms with E-state index in [9.17, 15) is 4.79 Å². The molecule has 0 radical (unpaired) electrons. The summed E-state index contributed by atoms with van der Waals surface area (Å²) in [4.78, 5) is 15.9. The number of hydrogen-bond acceptors (Lipinski definition) is 3.